The Bertz CT molecular complexity index is 3150. The number of nitrogens with zero attached hydrogens (tertiary/aromatic N) is 1. The molecule has 3 aliphatic heterocycles. The molecule has 0 aromatic heterocycles. The number of benzene rings is 9. The molecule has 282 valence electrons. The van der Waals surface area contributed by atoms with Crippen LogP contribution in [0.25, 0.3) is 33.4 Å². The molecule has 0 amide bonds. The lowest BCUT2D eigenvalue weighted by molar-refractivity contribution is 0.556. The molecule has 1 aliphatic carbocycles. The molecule has 9 aromatic carbocycles. The second kappa shape index (κ2) is 12.0. The Kier molecular flexibility index (Phi) is 6.80. The summed E-state index contributed by atoms with van der Waals surface area (Å²) in [7, 11) is -2.66. The van der Waals surface area contributed by atoms with Crippen molar-refractivity contribution in [1.29, 1.82) is 0 Å². The summed E-state index contributed by atoms with van der Waals surface area (Å²) in [6.45, 7) is 4.81. The van der Waals surface area contributed by atoms with Gasteiger partial charge in [0, 0.05) is 11.1 Å². The molecule has 13 rings (SSSR count). The minimum Gasteiger partial charge on any atom is -0.310 e. The summed E-state index contributed by atoms with van der Waals surface area (Å²) in [5.74, 6) is 0. The Morgan fingerprint density at radius 3 is 1.40 bits per heavy atom. The van der Waals surface area contributed by atoms with Crippen LogP contribution in [0.5, 0.6) is 0 Å². The average Bonchev–Trinajstić information content (AvgIpc) is 3.78. The van der Waals surface area contributed by atoms with Gasteiger partial charge in [0.1, 0.15) is 0 Å². The van der Waals surface area contributed by atoms with E-state index in [-0.39, 0.29) is 5.41 Å². The van der Waals surface area contributed by atoms with Crippen molar-refractivity contribution in [1.82, 2.24) is 0 Å². The predicted octanol–water partition coefficient (Wildman–Crippen LogP) is 11.5. The first-order chi connectivity index (χ1) is 29.5. The van der Waals surface area contributed by atoms with Crippen LogP contribution in [0.2, 0.25) is 0 Å². The molecular weight excluding hydrogens is 739 g/mol. The van der Waals surface area contributed by atoms with Gasteiger partial charge < -0.3 is 4.90 Å². The van der Waals surface area contributed by atoms with Crippen molar-refractivity contribution in [2.24, 2.45) is 0 Å². The van der Waals surface area contributed by atoms with Crippen molar-refractivity contribution in [2.75, 3.05) is 4.90 Å². The van der Waals surface area contributed by atoms with E-state index in [0.717, 1.165) is 0 Å². The predicted molar refractivity (Wildman–Crippen MR) is 252 cm³/mol. The molecule has 1 nitrogen and oxygen atoms in total. The van der Waals surface area contributed by atoms with E-state index in [4.69, 9.17) is 0 Å². The lowest BCUT2D eigenvalue weighted by Gasteiger charge is -2.52. The highest BCUT2D eigenvalue weighted by Crippen LogP contribution is 2.63. The number of anilines is 3. The Balaban J connectivity index is 1.14. The maximum absolute atomic E-state index is 2.66. The van der Waals surface area contributed by atoms with Gasteiger partial charge >= 0.3 is 0 Å². The van der Waals surface area contributed by atoms with Gasteiger partial charge in [-0.2, -0.15) is 0 Å². The van der Waals surface area contributed by atoms with E-state index < -0.39 is 13.5 Å². The molecule has 0 saturated carbocycles. The molecule has 2 heteroatoms. The van der Waals surface area contributed by atoms with Crippen molar-refractivity contribution in [3.05, 3.63) is 246 Å². The van der Waals surface area contributed by atoms with Crippen LogP contribution in [0.15, 0.2) is 212 Å². The SMILES string of the molecule is CC1(C)c2ccccc2C2(c3ccccc3N(c3ccc4c(c3)[Si]3(c5ccccc5-c5ccccc53)c3ccccc3-4)c3ccc(-c4ccccc4)cc32)c2ccccc21. The number of hydrogen-bond acceptors (Lipinski definition) is 1. The van der Waals surface area contributed by atoms with E-state index in [1.54, 1.807) is 0 Å². The number of rotatable bonds is 2. The molecule has 9 aromatic rings. The molecule has 0 unspecified atom stereocenters. The first-order valence-electron chi connectivity index (χ1n) is 21.3. The van der Waals surface area contributed by atoms with Gasteiger partial charge in [-0.05, 0) is 118 Å². The Morgan fingerprint density at radius 1 is 0.333 bits per heavy atom. The van der Waals surface area contributed by atoms with Gasteiger partial charge in [-0.3, -0.25) is 0 Å². The Morgan fingerprint density at radius 2 is 0.800 bits per heavy atom. The summed E-state index contributed by atoms with van der Waals surface area (Å²) >= 11 is 0. The minimum absolute atomic E-state index is 0.177. The third-order valence-electron chi connectivity index (χ3n) is 14.5. The van der Waals surface area contributed by atoms with Gasteiger partial charge in [-0.15, -0.1) is 0 Å². The molecule has 0 fully saturated rings. The van der Waals surface area contributed by atoms with Crippen molar-refractivity contribution < 1.29 is 0 Å². The first-order valence-corrected chi connectivity index (χ1v) is 23.3. The fourth-order valence-electron chi connectivity index (χ4n) is 12.2. The topological polar surface area (TPSA) is 3.24 Å². The van der Waals surface area contributed by atoms with E-state index in [9.17, 15) is 0 Å². The van der Waals surface area contributed by atoms with Gasteiger partial charge in [0.2, 0.25) is 0 Å². The zero-order valence-electron chi connectivity index (χ0n) is 33.7. The van der Waals surface area contributed by atoms with Crippen molar-refractivity contribution >= 4 is 45.9 Å². The van der Waals surface area contributed by atoms with Crippen molar-refractivity contribution in [3.8, 4) is 33.4 Å². The Hall–Kier alpha value is -7.00. The molecule has 2 spiro atoms. The summed E-state index contributed by atoms with van der Waals surface area (Å²) in [6, 6.07) is 81.2. The minimum atomic E-state index is -2.66. The third kappa shape index (κ3) is 4.07. The molecule has 0 atom stereocenters. The number of para-hydroxylation sites is 1. The normalized spacial score (nSPS) is 15.9. The van der Waals surface area contributed by atoms with Crippen LogP contribution in [0.3, 0.4) is 0 Å². The van der Waals surface area contributed by atoms with Crippen LogP contribution >= 0.6 is 0 Å². The maximum atomic E-state index is 2.59. The number of hydrogen-bond donors (Lipinski definition) is 0. The van der Waals surface area contributed by atoms with E-state index in [2.05, 4.69) is 231 Å². The quantitative estimate of drug-likeness (QED) is 0.158. The van der Waals surface area contributed by atoms with Gasteiger partial charge in [0.15, 0.2) is 8.07 Å². The lowest BCUT2D eigenvalue weighted by atomic mass is 9.53. The highest BCUT2D eigenvalue weighted by molar-refractivity contribution is 7.24. The zero-order chi connectivity index (χ0) is 39.8. The third-order valence-corrected chi connectivity index (χ3v) is 19.5. The van der Waals surface area contributed by atoms with Gasteiger partial charge in [-0.1, -0.05) is 196 Å². The molecular formula is C58H41NSi. The van der Waals surface area contributed by atoms with Crippen LogP contribution in [0.4, 0.5) is 17.1 Å². The summed E-state index contributed by atoms with van der Waals surface area (Å²) in [5.41, 5.74) is 19.0. The molecule has 0 N–H and O–H groups in total. The Labute approximate surface area is 352 Å². The fraction of sp³-hybridized carbons (Fsp3) is 0.0690. The van der Waals surface area contributed by atoms with E-state index in [0.29, 0.717) is 0 Å². The van der Waals surface area contributed by atoms with Crippen molar-refractivity contribution in [3.63, 3.8) is 0 Å². The smallest absolute Gasteiger partial charge is 0.182 e. The van der Waals surface area contributed by atoms with E-state index in [1.807, 2.05) is 0 Å². The van der Waals surface area contributed by atoms with Crippen LogP contribution in [-0.2, 0) is 10.8 Å². The van der Waals surface area contributed by atoms with E-state index >= 15 is 0 Å². The van der Waals surface area contributed by atoms with Crippen LogP contribution in [0.1, 0.15) is 47.2 Å². The fourth-order valence-corrected chi connectivity index (χ4v) is 17.8. The van der Waals surface area contributed by atoms with Crippen molar-refractivity contribution in [2.45, 2.75) is 24.7 Å². The van der Waals surface area contributed by atoms with Crippen LogP contribution < -0.4 is 25.6 Å². The highest BCUT2D eigenvalue weighted by Gasteiger charge is 2.56. The molecule has 0 saturated heterocycles. The monoisotopic (exact) mass is 779 g/mol. The van der Waals surface area contributed by atoms with Crippen LogP contribution in [-0.4, -0.2) is 8.07 Å². The molecule has 0 bridgehead atoms. The van der Waals surface area contributed by atoms with Gasteiger partial charge in [0.05, 0.1) is 16.8 Å². The van der Waals surface area contributed by atoms with Gasteiger partial charge in [-0.25, -0.2) is 0 Å². The molecule has 60 heavy (non-hydrogen) atoms. The maximum Gasteiger partial charge on any atom is 0.182 e. The largest absolute Gasteiger partial charge is 0.310 e. The lowest BCUT2D eigenvalue weighted by Crippen LogP contribution is -2.70. The van der Waals surface area contributed by atoms with E-state index in [1.165, 1.54) is 105 Å². The average molecular weight is 780 g/mol. The molecule has 4 aliphatic rings. The molecule has 3 heterocycles. The standard InChI is InChI=1S/C58H41NSi/c1-57(2)45-23-9-11-25-47(45)58(48-26-12-10-24-46(48)57)49-27-13-14-28-51(49)59(52-35-32-39(36-50(52)58)38-18-4-3-5-19-38)40-33-34-44-43-22-8-17-31-55(43)60(56(44)37-40)53-29-15-6-20-41(53)42-21-7-16-30-54(42)60/h3-37H,1-2H3. The summed E-state index contributed by atoms with van der Waals surface area (Å²) in [5, 5.41) is 5.98. The molecule has 0 radical (unpaired) electrons. The summed E-state index contributed by atoms with van der Waals surface area (Å²) in [6.07, 6.45) is 0. The van der Waals surface area contributed by atoms with Crippen LogP contribution in [0, 0.1) is 0 Å². The van der Waals surface area contributed by atoms with Gasteiger partial charge in [0.25, 0.3) is 0 Å². The number of fused-ring (bicyclic) bond motifs is 18. The zero-order valence-corrected chi connectivity index (χ0v) is 34.7. The highest BCUT2D eigenvalue weighted by atomic mass is 28.3. The summed E-state index contributed by atoms with van der Waals surface area (Å²) in [4.78, 5) is 2.59. The summed E-state index contributed by atoms with van der Waals surface area (Å²) < 4.78 is 0. The second-order valence-electron chi connectivity index (χ2n) is 17.5. The first kappa shape index (κ1) is 33.9. The second-order valence-corrected chi connectivity index (χ2v) is 21.2.